The third-order valence-corrected chi connectivity index (χ3v) is 3.15. The van der Waals surface area contributed by atoms with Crippen LogP contribution in [0.5, 0.6) is 0 Å². The fourth-order valence-electron chi connectivity index (χ4n) is 2.09. The molecule has 92 valence electrons. The van der Waals surface area contributed by atoms with Gasteiger partial charge in [-0.3, -0.25) is 0 Å². The predicted octanol–water partition coefficient (Wildman–Crippen LogP) is 3.32. The second-order valence-electron chi connectivity index (χ2n) is 4.61. The fourth-order valence-corrected chi connectivity index (χ4v) is 2.09. The van der Waals surface area contributed by atoms with Gasteiger partial charge in [0.25, 0.3) is 0 Å². The van der Waals surface area contributed by atoms with Gasteiger partial charge in [0.05, 0.1) is 0 Å². The van der Waals surface area contributed by atoms with Crippen LogP contribution < -0.4 is 5.32 Å². The summed E-state index contributed by atoms with van der Waals surface area (Å²) in [6, 6.07) is 9.35. The van der Waals surface area contributed by atoms with E-state index in [1.54, 1.807) is 0 Å². The predicted molar refractivity (Wildman–Crippen MR) is 75.0 cm³/mol. The molecule has 1 nitrogen and oxygen atoms in total. The van der Waals surface area contributed by atoms with Crippen molar-refractivity contribution in [2.24, 2.45) is 0 Å². The van der Waals surface area contributed by atoms with Gasteiger partial charge in [0.15, 0.2) is 0 Å². The normalized spacial score (nSPS) is 12.1. The maximum atomic E-state index is 5.27. The Bertz CT molecular complexity index is 362. The van der Waals surface area contributed by atoms with Gasteiger partial charge in [-0.2, -0.15) is 0 Å². The van der Waals surface area contributed by atoms with E-state index in [1.807, 2.05) is 7.05 Å². The summed E-state index contributed by atoms with van der Waals surface area (Å²) in [5.74, 6) is 2.70. The van der Waals surface area contributed by atoms with Crippen molar-refractivity contribution in [3.8, 4) is 12.3 Å². The maximum absolute atomic E-state index is 5.27. The molecule has 0 fully saturated rings. The molecule has 0 saturated carbocycles. The SMILES string of the molecule is C#CCCCC(CCc1cccc(C)c1)NC. The average molecular weight is 229 g/mol. The van der Waals surface area contributed by atoms with E-state index < -0.39 is 0 Å². The highest BCUT2D eigenvalue weighted by Gasteiger charge is 2.05. The van der Waals surface area contributed by atoms with E-state index in [4.69, 9.17) is 6.42 Å². The van der Waals surface area contributed by atoms with Gasteiger partial charge < -0.3 is 5.32 Å². The lowest BCUT2D eigenvalue weighted by molar-refractivity contribution is 0.477. The van der Waals surface area contributed by atoms with Crippen LogP contribution in [0.3, 0.4) is 0 Å². The molecular formula is C16H23N. The summed E-state index contributed by atoms with van der Waals surface area (Å²) < 4.78 is 0. The smallest absolute Gasteiger partial charge is 0.00866 e. The first-order valence-corrected chi connectivity index (χ1v) is 6.42. The molecule has 0 amide bonds. The minimum atomic E-state index is 0.587. The third kappa shape index (κ3) is 5.56. The molecule has 0 saturated heterocycles. The minimum Gasteiger partial charge on any atom is -0.317 e. The van der Waals surface area contributed by atoms with Crippen LogP contribution in [0.4, 0.5) is 0 Å². The summed E-state index contributed by atoms with van der Waals surface area (Å²) in [6.07, 6.45) is 10.8. The summed E-state index contributed by atoms with van der Waals surface area (Å²) in [5, 5.41) is 3.38. The van der Waals surface area contributed by atoms with E-state index in [1.165, 1.54) is 24.0 Å². The molecule has 0 radical (unpaired) electrons. The standard InChI is InChI=1S/C16H23N/c1-4-5-6-10-16(17-3)12-11-15-9-7-8-14(2)13-15/h1,7-9,13,16-17H,5-6,10-12H2,2-3H3. The number of rotatable bonds is 7. The Kier molecular flexibility index (Phi) is 6.43. The molecule has 0 aliphatic carbocycles. The first-order valence-electron chi connectivity index (χ1n) is 6.42. The van der Waals surface area contributed by atoms with Crippen LogP contribution in [-0.4, -0.2) is 13.1 Å². The second-order valence-corrected chi connectivity index (χ2v) is 4.61. The quantitative estimate of drug-likeness (QED) is 0.558. The first-order chi connectivity index (χ1) is 8.26. The Morgan fingerprint density at radius 3 is 2.82 bits per heavy atom. The minimum absolute atomic E-state index is 0.587. The number of unbranched alkanes of at least 4 members (excludes halogenated alkanes) is 1. The summed E-state index contributed by atoms with van der Waals surface area (Å²) in [7, 11) is 2.04. The second kappa shape index (κ2) is 7.92. The largest absolute Gasteiger partial charge is 0.317 e. The molecule has 1 aromatic rings. The molecule has 0 aliphatic heterocycles. The lowest BCUT2D eigenvalue weighted by Crippen LogP contribution is -2.25. The van der Waals surface area contributed by atoms with Crippen LogP contribution in [0, 0.1) is 19.3 Å². The fraction of sp³-hybridized carbons (Fsp3) is 0.500. The van der Waals surface area contributed by atoms with Crippen molar-refractivity contribution < 1.29 is 0 Å². The molecule has 0 bridgehead atoms. The number of aryl methyl sites for hydroxylation is 2. The molecule has 17 heavy (non-hydrogen) atoms. The van der Waals surface area contributed by atoms with Gasteiger partial charge in [-0.05, 0) is 45.2 Å². The first kappa shape index (κ1) is 13.8. The van der Waals surface area contributed by atoms with Crippen LogP contribution in [0.25, 0.3) is 0 Å². The number of hydrogen-bond acceptors (Lipinski definition) is 1. The number of hydrogen-bond donors (Lipinski definition) is 1. The van der Waals surface area contributed by atoms with Crippen LogP contribution in [0.15, 0.2) is 24.3 Å². The molecule has 1 rings (SSSR count). The van der Waals surface area contributed by atoms with Crippen molar-refractivity contribution in [3.63, 3.8) is 0 Å². The Hall–Kier alpha value is -1.26. The highest BCUT2D eigenvalue weighted by Crippen LogP contribution is 2.11. The van der Waals surface area contributed by atoms with Crippen molar-refractivity contribution in [2.75, 3.05) is 7.05 Å². The molecule has 0 heterocycles. The zero-order valence-electron chi connectivity index (χ0n) is 11.0. The highest BCUT2D eigenvalue weighted by molar-refractivity contribution is 5.22. The molecule has 1 atom stereocenters. The van der Waals surface area contributed by atoms with Crippen LogP contribution >= 0.6 is 0 Å². The zero-order chi connectivity index (χ0) is 12.5. The Morgan fingerprint density at radius 1 is 1.35 bits per heavy atom. The molecule has 0 spiro atoms. The number of nitrogens with one attached hydrogen (secondary N) is 1. The topological polar surface area (TPSA) is 12.0 Å². The molecule has 1 N–H and O–H groups in total. The van der Waals surface area contributed by atoms with E-state index in [0.29, 0.717) is 6.04 Å². The van der Waals surface area contributed by atoms with Crippen LogP contribution in [0.2, 0.25) is 0 Å². The summed E-state index contributed by atoms with van der Waals surface area (Å²) in [4.78, 5) is 0. The van der Waals surface area contributed by atoms with Gasteiger partial charge in [-0.25, -0.2) is 0 Å². The van der Waals surface area contributed by atoms with Crippen molar-refractivity contribution >= 4 is 0 Å². The third-order valence-electron chi connectivity index (χ3n) is 3.15. The number of benzene rings is 1. The summed E-state index contributed by atoms with van der Waals surface area (Å²) >= 11 is 0. The molecule has 1 aromatic carbocycles. The lowest BCUT2D eigenvalue weighted by Gasteiger charge is -2.15. The molecular weight excluding hydrogens is 206 g/mol. The van der Waals surface area contributed by atoms with Gasteiger partial charge in [0.1, 0.15) is 0 Å². The van der Waals surface area contributed by atoms with Gasteiger partial charge in [-0.1, -0.05) is 29.8 Å². The Labute approximate surface area is 106 Å². The van der Waals surface area contributed by atoms with Crippen LogP contribution in [-0.2, 0) is 6.42 Å². The van der Waals surface area contributed by atoms with E-state index >= 15 is 0 Å². The molecule has 0 aliphatic rings. The van der Waals surface area contributed by atoms with Gasteiger partial charge >= 0.3 is 0 Å². The molecule has 0 aromatic heterocycles. The van der Waals surface area contributed by atoms with Gasteiger partial charge in [0, 0.05) is 12.5 Å². The van der Waals surface area contributed by atoms with Crippen molar-refractivity contribution in [2.45, 2.75) is 45.1 Å². The highest BCUT2D eigenvalue weighted by atomic mass is 14.9. The van der Waals surface area contributed by atoms with Crippen molar-refractivity contribution in [1.29, 1.82) is 0 Å². The summed E-state index contributed by atoms with van der Waals surface area (Å²) in [6.45, 7) is 2.14. The molecule has 1 unspecified atom stereocenters. The van der Waals surface area contributed by atoms with Gasteiger partial charge in [-0.15, -0.1) is 12.3 Å². The van der Waals surface area contributed by atoms with Crippen molar-refractivity contribution in [1.82, 2.24) is 5.32 Å². The maximum Gasteiger partial charge on any atom is 0.00866 e. The summed E-state index contributed by atoms with van der Waals surface area (Å²) in [5.41, 5.74) is 2.78. The monoisotopic (exact) mass is 229 g/mol. The van der Waals surface area contributed by atoms with E-state index in [2.05, 4.69) is 42.4 Å². The number of terminal acetylenes is 1. The van der Waals surface area contributed by atoms with Gasteiger partial charge in [0.2, 0.25) is 0 Å². The van der Waals surface area contributed by atoms with E-state index in [9.17, 15) is 0 Å². The Balaban J connectivity index is 2.34. The zero-order valence-corrected chi connectivity index (χ0v) is 11.0. The van der Waals surface area contributed by atoms with E-state index in [0.717, 1.165) is 19.3 Å². The van der Waals surface area contributed by atoms with Crippen molar-refractivity contribution in [3.05, 3.63) is 35.4 Å². The van der Waals surface area contributed by atoms with E-state index in [-0.39, 0.29) is 0 Å². The Morgan fingerprint density at radius 2 is 2.18 bits per heavy atom. The molecule has 1 heteroatoms. The van der Waals surface area contributed by atoms with Crippen LogP contribution in [0.1, 0.15) is 36.8 Å². The lowest BCUT2D eigenvalue weighted by atomic mass is 10.00. The average Bonchev–Trinajstić information content (AvgIpc) is 2.34.